The lowest BCUT2D eigenvalue weighted by Gasteiger charge is -2.15. The maximum atomic E-state index is 5.91. The van der Waals surface area contributed by atoms with Gasteiger partial charge in [-0.05, 0) is 28.9 Å². The highest BCUT2D eigenvalue weighted by atomic mass is 79.9. The average Bonchev–Trinajstić information content (AvgIpc) is 2.65. The first-order valence-corrected chi connectivity index (χ1v) is 6.85. The molecule has 0 spiro atoms. The third-order valence-corrected chi connectivity index (χ3v) is 3.79. The van der Waals surface area contributed by atoms with E-state index >= 15 is 0 Å². The number of ether oxygens (including phenoxy) is 2. The van der Waals surface area contributed by atoms with Gasteiger partial charge in [0.1, 0.15) is 5.82 Å². The van der Waals surface area contributed by atoms with Crippen molar-refractivity contribution in [3.8, 4) is 22.6 Å². The number of hydrogen-bond donors (Lipinski definition) is 2. The van der Waals surface area contributed by atoms with Crippen LogP contribution in [0.3, 0.4) is 0 Å². The predicted molar refractivity (Wildman–Crippen MR) is 76.5 cm³/mol. The summed E-state index contributed by atoms with van der Waals surface area (Å²) < 4.78 is 12.4. The Labute approximate surface area is 119 Å². The lowest BCUT2D eigenvalue weighted by atomic mass is 10.0. The van der Waals surface area contributed by atoms with E-state index in [0.29, 0.717) is 19.0 Å². The second-order valence-corrected chi connectivity index (χ2v) is 5.29. The van der Waals surface area contributed by atoms with Crippen molar-refractivity contribution in [1.29, 1.82) is 0 Å². The first-order chi connectivity index (χ1) is 9.18. The van der Waals surface area contributed by atoms with Gasteiger partial charge in [-0.15, -0.1) is 0 Å². The molecule has 1 aliphatic rings. The molecule has 1 aliphatic heterocycles. The van der Waals surface area contributed by atoms with Gasteiger partial charge in [-0.1, -0.05) is 0 Å². The largest absolute Gasteiger partial charge is 0.490 e. The van der Waals surface area contributed by atoms with Crippen molar-refractivity contribution in [3.05, 3.63) is 22.3 Å². The summed E-state index contributed by atoms with van der Waals surface area (Å²) in [5.41, 5.74) is 8.75. The number of halogens is 1. The fourth-order valence-electron chi connectivity index (χ4n) is 2.26. The molecule has 5 nitrogen and oxygen atoms in total. The van der Waals surface area contributed by atoms with Crippen molar-refractivity contribution in [2.24, 2.45) is 0 Å². The predicted octanol–water partition coefficient (Wildman–Crippen LogP) is 2.89. The van der Waals surface area contributed by atoms with Crippen LogP contribution >= 0.6 is 15.9 Å². The quantitative estimate of drug-likeness (QED) is 0.846. The summed E-state index contributed by atoms with van der Waals surface area (Å²) in [4.78, 5) is 0. The van der Waals surface area contributed by atoms with Crippen molar-refractivity contribution >= 4 is 21.7 Å². The smallest absolute Gasteiger partial charge is 0.164 e. The molecule has 0 aliphatic carbocycles. The van der Waals surface area contributed by atoms with E-state index in [1.165, 1.54) is 0 Å². The number of nitrogen functional groups attached to an aromatic ring is 1. The van der Waals surface area contributed by atoms with Gasteiger partial charge in [0.2, 0.25) is 0 Å². The Morgan fingerprint density at radius 1 is 1.37 bits per heavy atom. The highest BCUT2D eigenvalue weighted by molar-refractivity contribution is 9.10. The average molecular weight is 324 g/mol. The summed E-state index contributed by atoms with van der Waals surface area (Å²) in [6, 6.07) is 1.93. The van der Waals surface area contributed by atoms with Crippen LogP contribution in [0.5, 0.6) is 11.5 Å². The molecule has 1 aromatic heterocycles. The normalized spacial score (nSPS) is 14.2. The van der Waals surface area contributed by atoms with E-state index < -0.39 is 0 Å². The molecule has 0 radical (unpaired) electrons. The number of nitrogens with zero attached hydrogens (tertiary/aromatic N) is 1. The molecule has 19 heavy (non-hydrogen) atoms. The van der Waals surface area contributed by atoms with Gasteiger partial charge >= 0.3 is 0 Å². The van der Waals surface area contributed by atoms with Crippen LogP contribution in [0.4, 0.5) is 5.82 Å². The molecule has 0 unspecified atom stereocenters. The van der Waals surface area contributed by atoms with Gasteiger partial charge in [0.15, 0.2) is 11.5 Å². The van der Waals surface area contributed by atoms with E-state index in [9.17, 15) is 0 Å². The molecule has 2 heterocycles. The number of fused-ring (bicyclic) bond motifs is 1. The SMILES string of the molecule is Cc1c2c(cc(Br)c1-c1cn[nH]c1N)OCCCO2. The molecule has 3 rings (SSSR count). The third-order valence-electron chi connectivity index (χ3n) is 3.17. The minimum absolute atomic E-state index is 0.540. The second-order valence-electron chi connectivity index (χ2n) is 4.43. The Balaban J connectivity index is 2.21. The lowest BCUT2D eigenvalue weighted by molar-refractivity contribution is 0.296. The minimum Gasteiger partial charge on any atom is -0.490 e. The fourth-order valence-corrected chi connectivity index (χ4v) is 2.98. The highest BCUT2D eigenvalue weighted by Crippen LogP contribution is 2.44. The summed E-state index contributed by atoms with van der Waals surface area (Å²) in [7, 11) is 0. The first-order valence-electron chi connectivity index (χ1n) is 6.06. The van der Waals surface area contributed by atoms with Crippen LogP contribution in [0.2, 0.25) is 0 Å². The minimum atomic E-state index is 0.540. The Bertz CT molecular complexity index is 625. The monoisotopic (exact) mass is 323 g/mol. The molecule has 0 saturated carbocycles. The van der Waals surface area contributed by atoms with E-state index in [-0.39, 0.29) is 0 Å². The highest BCUT2D eigenvalue weighted by Gasteiger charge is 2.21. The van der Waals surface area contributed by atoms with Gasteiger partial charge < -0.3 is 15.2 Å². The zero-order valence-corrected chi connectivity index (χ0v) is 12.1. The number of aromatic nitrogens is 2. The van der Waals surface area contributed by atoms with Crippen LogP contribution in [0.25, 0.3) is 11.1 Å². The number of H-pyrrole nitrogens is 1. The molecule has 2 aromatic rings. The van der Waals surface area contributed by atoms with Crippen LogP contribution < -0.4 is 15.2 Å². The fraction of sp³-hybridized carbons (Fsp3) is 0.308. The van der Waals surface area contributed by atoms with Crippen molar-refractivity contribution in [2.75, 3.05) is 18.9 Å². The van der Waals surface area contributed by atoms with Crippen LogP contribution in [-0.2, 0) is 0 Å². The third kappa shape index (κ3) is 2.06. The molecule has 0 saturated heterocycles. The Morgan fingerprint density at radius 3 is 2.89 bits per heavy atom. The van der Waals surface area contributed by atoms with E-state index in [1.807, 2.05) is 13.0 Å². The molecule has 0 fully saturated rings. The van der Waals surface area contributed by atoms with Crippen molar-refractivity contribution in [2.45, 2.75) is 13.3 Å². The molecule has 1 aromatic carbocycles. The van der Waals surface area contributed by atoms with Gasteiger partial charge in [0.05, 0.1) is 19.4 Å². The molecule has 0 bridgehead atoms. The standard InChI is InChI=1S/C13H14BrN3O2/c1-7-11(8-6-16-17-13(8)15)9(14)5-10-12(7)19-4-2-3-18-10/h5-6H,2-4H2,1H3,(H3,15,16,17). The first kappa shape index (κ1) is 12.3. The number of aromatic amines is 1. The van der Waals surface area contributed by atoms with Crippen LogP contribution in [0, 0.1) is 6.92 Å². The number of rotatable bonds is 1. The molecule has 0 atom stereocenters. The number of anilines is 1. The van der Waals surface area contributed by atoms with Crippen LogP contribution in [0.15, 0.2) is 16.7 Å². The maximum absolute atomic E-state index is 5.91. The summed E-state index contributed by atoms with van der Waals surface area (Å²) in [6.07, 6.45) is 2.60. The summed E-state index contributed by atoms with van der Waals surface area (Å²) in [5.74, 6) is 2.10. The number of nitrogens with two attached hydrogens (primary N) is 1. The Hall–Kier alpha value is -1.69. The number of nitrogens with one attached hydrogen (secondary N) is 1. The number of benzene rings is 1. The zero-order chi connectivity index (χ0) is 13.4. The van der Waals surface area contributed by atoms with E-state index in [2.05, 4.69) is 26.1 Å². The van der Waals surface area contributed by atoms with E-state index in [0.717, 1.165) is 39.1 Å². The maximum Gasteiger partial charge on any atom is 0.164 e. The molecular formula is C13H14BrN3O2. The molecular weight excluding hydrogens is 310 g/mol. The Morgan fingerprint density at radius 2 is 2.16 bits per heavy atom. The van der Waals surface area contributed by atoms with Gasteiger partial charge in [0.25, 0.3) is 0 Å². The molecule has 100 valence electrons. The van der Waals surface area contributed by atoms with Gasteiger partial charge in [0, 0.05) is 27.6 Å². The van der Waals surface area contributed by atoms with E-state index in [1.54, 1.807) is 6.20 Å². The van der Waals surface area contributed by atoms with Crippen molar-refractivity contribution in [1.82, 2.24) is 10.2 Å². The van der Waals surface area contributed by atoms with E-state index in [4.69, 9.17) is 15.2 Å². The van der Waals surface area contributed by atoms with Gasteiger partial charge in [-0.25, -0.2) is 0 Å². The number of hydrogen-bond acceptors (Lipinski definition) is 4. The molecule has 3 N–H and O–H groups in total. The lowest BCUT2D eigenvalue weighted by Crippen LogP contribution is -1.98. The Kier molecular flexibility index (Phi) is 3.10. The summed E-state index contributed by atoms with van der Waals surface area (Å²) >= 11 is 3.57. The zero-order valence-electron chi connectivity index (χ0n) is 10.5. The topological polar surface area (TPSA) is 73.2 Å². The summed E-state index contributed by atoms with van der Waals surface area (Å²) in [5, 5.41) is 6.72. The van der Waals surface area contributed by atoms with Gasteiger partial charge in [-0.3, -0.25) is 5.10 Å². The van der Waals surface area contributed by atoms with Crippen LogP contribution in [-0.4, -0.2) is 23.4 Å². The second kappa shape index (κ2) is 4.77. The molecule has 6 heteroatoms. The van der Waals surface area contributed by atoms with Crippen LogP contribution in [0.1, 0.15) is 12.0 Å². The van der Waals surface area contributed by atoms with Gasteiger partial charge in [-0.2, -0.15) is 5.10 Å². The molecule has 0 amide bonds. The van der Waals surface area contributed by atoms with Crippen molar-refractivity contribution in [3.63, 3.8) is 0 Å². The summed E-state index contributed by atoms with van der Waals surface area (Å²) in [6.45, 7) is 3.34. The van der Waals surface area contributed by atoms with Crippen molar-refractivity contribution < 1.29 is 9.47 Å².